The number of quaternary nitrogens is 1. The normalized spacial score (nSPS) is 12.1. The van der Waals surface area contributed by atoms with Crippen LogP contribution in [0.2, 0.25) is 0 Å². The average molecular weight is 321 g/mol. The summed E-state index contributed by atoms with van der Waals surface area (Å²) in [7, 11) is 6.19. The predicted octanol–water partition coefficient (Wildman–Crippen LogP) is 4.74. The fraction of sp³-hybridized carbons (Fsp3) is 0.158. The maximum Gasteiger partial charge on any atom is 0.146 e. The van der Waals surface area contributed by atoms with Gasteiger partial charge in [-0.25, -0.2) is 0 Å². The molecule has 0 atom stereocenters. The van der Waals surface area contributed by atoms with E-state index in [0.717, 1.165) is 22.1 Å². The number of rotatable bonds is 3. The van der Waals surface area contributed by atoms with Gasteiger partial charge in [-0.15, -0.1) is 5.11 Å². The smallest absolute Gasteiger partial charge is 0.146 e. The highest BCUT2D eigenvalue weighted by Crippen LogP contribution is 2.44. The lowest BCUT2D eigenvalue weighted by atomic mass is 10.0. The van der Waals surface area contributed by atoms with E-state index in [-0.39, 0.29) is 5.75 Å². The van der Waals surface area contributed by atoms with Crippen molar-refractivity contribution in [3.8, 4) is 5.75 Å². The number of azo groups is 1. The minimum absolute atomic E-state index is 0.0283. The van der Waals surface area contributed by atoms with E-state index in [1.54, 1.807) is 0 Å². The Labute approximate surface area is 141 Å². The van der Waals surface area contributed by atoms with Crippen LogP contribution >= 0.6 is 0 Å². The summed E-state index contributed by atoms with van der Waals surface area (Å²) in [5, 5.41) is 20.7. The van der Waals surface area contributed by atoms with Gasteiger partial charge in [-0.2, -0.15) is 5.11 Å². The van der Waals surface area contributed by atoms with Crippen LogP contribution < -0.4 is 10.2 Å². The van der Waals surface area contributed by atoms with Gasteiger partial charge in [0.25, 0.3) is 0 Å². The zero-order valence-electron chi connectivity index (χ0n) is 14.1. The number of nitrogen functional groups attached to an aromatic ring is 1. The van der Waals surface area contributed by atoms with Crippen LogP contribution in [-0.2, 0) is 0 Å². The van der Waals surface area contributed by atoms with Gasteiger partial charge in [-0.05, 0) is 18.2 Å². The van der Waals surface area contributed by atoms with Gasteiger partial charge in [0.2, 0.25) is 0 Å². The predicted molar refractivity (Wildman–Crippen MR) is 100 cm³/mol. The Morgan fingerprint density at radius 1 is 0.917 bits per heavy atom. The molecule has 0 aromatic heterocycles. The second-order valence-corrected chi connectivity index (χ2v) is 6.58. The molecule has 0 radical (unpaired) electrons. The molecule has 0 heterocycles. The molecule has 0 aliphatic carbocycles. The molecule has 0 fully saturated rings. The Balaban J connectivity index is 2.29. The molecule has 0 saturated carbocycles. The number of fused-ring (bicyclic) bond motifs is 1. The molecule has 3 aromatic rings. The van der Waals surface area contributed by atoms with Crippen LogP contribution in [0.15, 0.2) is 64.8 Å². The molecular weight excluding hydrogens is 300 g/mol. The van der Waals surface area contributed by atoms with E-state index in [9.17, 15) is 5.11 Å². The summed E-state index contributed by atoms with van der Waals surface area (Å²) in [6, 6.07) is 16.9. The van der Waals surface area contributed by atoms with E-state index in [4.69, 9.17) is 5.73 Å². The topological polar surface area (TPSA) is 71.0 Å². The monoisotopic (exact) mass is 321 g/mol. The van der Waals surface area contributed by atoms with Crippen molar-refractivity contribution in [1.82, 2.24) is 4.48 Å². The fourth-order valence-corrected chi connectivity index (χ4v) is 2.71. The third-order valence-corrected chi connectivity index (χ3v) is 3.87. The van der Waals surface area contributed by atoms with Gasteiger partial charge in [0.05, 0.1) is 32.2 Å². The molecule has 0 spiro atoms. The van der Waals surface area contributed by atoms with Gasteiger partial charge in [-0.3, -0.25) is 4.48 Å². The summed E-state index contributed by atoms with van der Waals surface area (Å²) in [5.74, 6) is 0.0283. The first-order valence-corrected chi connectivity index (χ1v) is 7.71. The van der Waals surface area contributed by atoms with Gasteiger partial charge in [0.15, 0.2) is 0 Å². The van der Waals surface area contributed by atoms with Crippen LogP contribution in [0.1, 0.15) is 0 Å². The molecule has 0 aliphatic rings. The number of phenols is 1. The van der Waals surface area contributed by atoms with Crippen LogP contribution in [0.5, 0.6) is 5.75 Å². The van der Waals surface area contributed by atoms with Gasteiger partial charge in [0, 0.05) is 17.1 Å². The van der Waals surface area contributed by atoms with Crippen molar-refractivity contribution in [2.45, 2.75) is 0 Å². The highest BCUT2D eigenvalue weighted by atomic mass is 16.3. The van der Waals surface area contributed by atoms with Crippen molar-refractivity contribution < 1.29 is 5.11 Å². The first-order valence-electron chi connectivity index (χ1n) is 7.71. The van der Waals surface area contributed by atoms with Crippen molar-refractivity contribution in [1.29, 1.82) is 0 Å². The van der Waals surface area contributed by atoms with Gasteiger partial charge < -0.3 is 10.8 Å². The molecule has 5 nitrogen and oxygen atoms in total. The van der Waals surface area contributed by atoms with Crippen LogP contribution in [0.3, 0.4) is 0 Å². The van der Waals surface area contributed by atoms with Gasteiger partial charge in [0.1, 0.15) is 17.1 Å². The SMILES string of the molecule is C[N+](C)(C)c1cccc2c(N)cc(O)c(N=Nc3ccccc3)c12. The second-order valence-electron chi connectivity index (χ2n) is 6.58. The molecule has 0 unspecified atom stereocenters. The van der Waals surface area contributed by atoms with Crippen molar-refractivity contribution in [3.05, 3.63) is 54.6 Å². The summed E-state index contributed by atoms with van der Waals surface area (Å²) in [4.78, 5) is 0. The Bertz CT molecular complexity index is 912. The van der Waals surface area contributed by atoms with E-state index in [2.05, 4.69) is 31.4 Å². The quantitative estimate of drug-likeness (QED) is 0.415. The number of anilines is 1. The van der Waals surface area contributed by atoms with E-state index >= 15 is 0 Å². The lowest BCUT2D eigenvalue weighted by Crippen LogP contribution is -2.34. The highest BCUT2D eigenvalue weighted by Gasteiger charge is 2.22. The third-order valence-electron chi connectivity index (χ3n) is 3.87. The molecule has 5 heteroatoms. The number of hydrogen-bond donors (Lipinski definition) is 2. The number of aromatic hydroxyl groups is 1. The summed E-state index contributed by atoms with van der Waals surface area (Å²) < 4.78 is 0.577. The summed E-state index contributed by atoms with van der Waals surface area (Å²) in [5.41, 5.74) is 8.81. The fourth-order valence-electron chi connectivity index (χ4n) is 2.71. The summed E-state index contributed by atoms with van der Waals surface area (Å²) >= 11 is 0. The molecule has 3 rings (SSSR count). The Kier molecular flexibility index (Phi) is 3.95. The molecule has 0 saturated heterocycles. The molecule has 24 heavy (non-hydrogen) atoms. The lowest BCUT2D eigenvalue weighted by Gasteiger charge is -2.25. The second kappa shape index (κ2) is 5.94. The van der Waals surface area contributed by atoms with Gasteiger partial charge in [-0.1, -0.05) is 30.3 Å². The minimum atomic E-state index is 0.0283. The molecule has 0 amide bonds. The lowest BCUT2D eigenvalue weighted by molar-refractivity contribution is 0.476. The van der Waals surface area contributed by atoms with Crippen LogP contribution in [0.4, 0.5) is 22.7 Å². The van der Waals surface area contributed by atoms with Crippen molar-refractivity contribution in [2.24, 2.45) is 10.2 Å². The first kappa shape index (κ1) is 16.0. The summed E-state index contributed by atoms with van der Waals surface area (Å²) in [6.45, 7) is 0. The number of nitrogens with zero attached hydrogens (tertiary/aromatic N) is 3. The number of phenolic OH excluding ortho intramolecular Hbond substituents is 1. The van der Waals surface area contributed by atoms with Crippen molar-refractivity contribution >= 4 is 33.5 Å². The molecule has 0 aliphatic heterocycles. The minimum Gasteiger partial charge on any atom is -0.506 e. The molecule has 0 bridgehead atoms. The van der Waals surface area contributed by atoms with Crippen molar-refractivity contribution in [2.75, 3.05) is 26.9 Å². The van der Waals surface area contributed by atoms with Crippen LogP contribution in [-0.4, -0.2) is 26.2 Å². The number of nitrogens with two attached hydrogens (primary N) is 1. The zero-order valence-corrected chi connectivity index (χ0v) is 14.1. The highest BCUT2D eigenvalue weighted by molar-refractivity contribution is 6.09. The summed E-state index contributed by atoms with van der Waals surface area (Å²) in [6.07, 6.45) is 0. The first-order chi connectivity index (χ1) is 11.4. The van der Waals surface area contributed by atoms with Crippen LogP contribution in [0, 0.1) is 0 Å². The van der Waals surface area contributed by atoms with Crippen molar-refractivity contribution in [3.63, 3.8) is 0 Å². The maximum absolute atomic E-state index is 10.4. The van der Waals surface area contributed by atoms with E-state index in [0.29, 0.717) is 15.9 Å². The number of benzene rings is 3. The number of hydrogen-bond acceptors (Lipinski definition) is 4. The molecule has 3 N–H and O–H groups in total. The molecule has 122 valence electrons. The molecule has 3 aromatic carbocycles. The van der Waals surface area contributed by atoms with E-state index in [1.807, 2.05) is 48.5 Å². The van der Waals surface area contributed by atoms with Crippen LogP contribution in [0.25, 0.3) is 10.8 Å². The van der Waals surface area contributed by atoms with E-state index in [1.165, 1.54) is 6.07 Å². The Morgan fingerprint density at radius 3 is 2.29 bits per heavy atom. The van der Waals surface area contributed by atoms with Gasteiger partial charge >= 0.3 is 0 Å². The zero-order chi connectivity index (χ0) is 17.3. The van der Waals surface area contributed by atoms with E-state index < -0.39 is 0 Å². The third kappa shape index (κ3) is 2.94. The largest absolute Gasteiger partial charge is 0.506 e. The standard InChI is InChI=1S/C19H20N4O/c1-23(2,3)16-11-7-10-14-15(20)12-17(24)19(18(14)16)22-21-13-8-5-4-6-9-13/h4-12H,1-3H3,(H2-,20,21,24)/p+1. The Morgan fingerprint density at radius 2 is 1.62 bits per heavy atom. The average Bonchev–Trinajstić information content (AvgIpc) is 2.54. The maximum atomic E-state index is 10.4. The Hall–Kier alpha value is -2.92. The molecular formula is C19H21N4O+.